The Kier molecular flexibility index (Phi) is 2.51. The van der Waals surface area contributed by atoms with Crippen LogP contribution >= 0.6 is 15.9 Å². The third-order valence-electron chi connectivity index (χ3n) is 3.74. The number of amides is 1. The molecule has 0 spiro atoms. The SMILES string of the molecule is O=C1CCC2c3ccc(Br)cc3CCC2N1. The Balaban J connectivity index is 1.97. The summed E-state index contributed by atoms with van der Waals surface area (Å²) in [6.45, 7) is 0. The van der Waals surface area contributed by atoms with Crippen molar-refractivity contribution in [3.63, 3.8) is 0 Å². The lowest BCUT2D eigenvalue weighted by atomic mass is 9.75. The number of fused-ring (bicyclic) bond motifs is 3. The molecule has 1 fully saturated rings. The zero-order chi connectivity index (χ0) is 11.1. The highest BCUT2D eigenvalue weighted by Gasteiger charge is 2.33. The van der Waals surface area contributed by atoms with Crippen LogP contribution in [0.5, 0.6) is 0 Å². The number of aryl methyl sites for hydroxylation is 1. The first-order valence-corrected chi connectivity index (χ1v) is 6.61. The minimum absolute atomic E-state index is 0.224. The molecule has 2 aliphatic rings. The van der Waals surface area contributed by atoms with E-state index in [1.807, 2.05) is 0 Å². The summed E-state index contributed by atoms with van der Waals surface area (Å²) in [6.07, 6.45) is 3.85. The zero-order valence-corrected chi connectivity index (χ0v) is 10.6. The molecule has 2 nitrogen and oxygen atoms in total. The zero-order valence-electron chi connectivity index (χ0n) is 9.00. The monoisotopic (exact) mass is 279 g/mol. The Bertz CT molecular complexity index is 444. The quantitative estimate of drug-likeness (QED) is 0.778. The van der Waals surface area contributed by atoms with Crippen LogP contribution in [0.3, 0.4) is 0 Å². The Morgan fingerprint density at radius 1 is 1.25 bits per heavy atom. The molecule has 0 aromatic heterocycles. The third-order valence-corrected chi connectivity index (χ3v) is 4.24. The minimum atomic E-state index is 0.224. The standard InChI is InChI=1S/C13H14BrNO/c14-9-2-3-10-8(7-9)1-5-12-11(10)4-6-13(16)15-12/h2-3,7,11-12H,1,4-6H2,(H,15,16). The maximum atomic E-state index is 11.4. The lowest BCUT2D eigenvalue weighted by molar-refractivity contribution is -0.123. The molecule has 1 aromatic rings. The molecular weight excluding hydrogens is 266 g/mol. The predicted molar refractivity (Wildman–Crippen MR) is 66.4 cm³/mol. The average molecular weight is 280 g/mol. The van der Waals surface area contributed by atoms with Gasteiger partial charge in [-0.3, -0.25) is 4.79 Å². The van der Waals surface area contributed by atoms with Crippen molar-refractivity contribution in [2.24, 2.45) is 0 Å². The van der Waals surface area contributed by atoms with E-state index in [2.05, 4.69) is 39.4 Å². The van der Waals surface area contributed by atoms with Gasteiger partial charge in [0, 0.05) is 22.9 Å². The van der Waals surface area contributed by atoms with Crippen molar-refractivity contribution >= 4 is 21.8 Å². The summed E-state index contributed by atoms with van der Waals surface area (Å²) in [6, 6.07) is 6.92. The van der Waals surface area contributed by atoms with Crippen molar-refractivity contribution in [2.75, 3.05) is 0 Å². The molecule has 3 heteroatoms. The molecule has 2 atom stereocenters. The fourth-order valence-electron chi connectivity index (χ4n) is 2.98. The smallest absolute Gasteiger partial charge is 0.220 e. The number of nitrogens with one attached hydrogen (secondary N) is 1. The second kappa shape index (κ2) is 3.88. The van der Waals surface area contributed by atoms with Gasteiger partial charge < -0.3 is 5.32 Å². The van der Waals surface area contributed by atoms with E-state index in [0.29, 0.717) is 18.4 Å². The number of benzene rings is 1. The van der Waals surface area contributed by atoms with Crippen LogP contribution in [0.2, 0.25) is 0 Å². The van der Waals surface area contributed by atoms with Crippen molar-refractivity contribution in [3.05, 3.63) is 33.8 Å². The van der Waals surface area contributed by atoms with Crippen LogP contribution in [-0.4, -0.2) is 11.9 Å². The molecule has 1 aliphatic carbocycles. The van der Waals surface area contributed by atoms with Gasteiger partial charge in [0.15, 0.2) is 0 Å². The van der Waals surface area contributed by atoms with Crippen LogP contribution in [0.4, 0.5) is 0 Å². The van der Waals surface area contributed by atoms with E-state index in [4.69, 9.17) is 0 Å². The molecule has 2 unspecified atom stereocenters. The van der Waals surface area contributed by atoms with Gasteiger partial charge in [-0.05, 0) is 42.5 Å². The van der Waals surface area contributed by atoms with Gasteiger partial charge in [-0.2, -0.15) is 0 Å². The molecule has 1 N–H and O–H groups in total. The predicted octanol–water partition coefficient (Wildman–Crippen LogP) is 2.76. The molecule has 1 aromatic carbocycles. The molecule has 1 saturated heterocycles. The van der Waals surface area contributed by atoms with Crippen molar-refractivity contribution in [1.82, 2.24) is 5.32 Å². The Labute approximate surface area is 104 Å². The summed E-state index contributed by atoms with van der Waals surface area (Å²) in [5, 5.41) is 3.12. The van der Waals surface area contributed by atoms with E-state index < -0.39 is 0 Å². The summed E-state index contributed by atoms with van der Waals surface area (Å²) in [5.74, 6) is 0.761. The lowest BCUT2D eigenvalue weighted by Crippen LogP contribution is -2.45. The first kappa shape index (κ1) is 10.3. The number of carbonyl (C=O) groups excluding carboxylic acids is 1. The number of carbonyl (C=O) groups is 1. The average Bonchev–Trinajstić information content (AvgIpc) is 2.28. The van der Waals surface area contributed by atoms with E-state index in [1.165, 1.54) is 11.1 Å². The second-order valence-electron chi connectivity index (χ2n) is 4.70. The fourth-order valence-corrected chi connectivity index (χ4v) is 3.38. The lowest BCUT2D eigenvalue weighted by Gasteiger charge is -2.37. The molecule has 84 valence electrons. The molecule has 1 amide bonds. The molecule has 1 aliphatic heterocycles. The summed E-state index contributed by atoms with van der Waals surface area (Å²) in [5.41, 5.74) is 2.89. The maximum absolute atomic E-state index is 11.4. The number of halogens is 1. The van der Waals surface area contributed by atoms with Gasteiger partial charge in [-0.1, -0.05) is 22.0 Å². The van der Waals surface area contributed by atoms with Crippen LogP contribution in [0.1, 0.15) is 36.3 Å². The van der Waals surface area contributed by atoms with Crippen molar-refractivity contribution in [2.45, 2.75) is 37.6 Å². The van der Waals surface area contributed by atoms with E-state index in [9.17, 15) is 4.79 Å². The summed E-state index contributed by atoms with van der Waals surface area (Å²) < 4.78 is 1.16. The van der Waals surface area contributed by atoms with E-state index in [-0.39, 0.29) is 5.91 Å². The van der Waals surface area contributed by atoms with Gasteiger partial charge in [0.1, 0.15) is 0 Å². The van der Waals surface area contributed by atoms with Crippen molar-refractivity contribution < 1.29 is 4.79 Å². The minimum Gasteiger partial charge on any atom is -0.353 e. The normalized spacial score (nSPS) is 27.9. The highest BCUT2D eigenvalue weighted by atomic mass is 79.9. The largest absolute Gasteiger partial charge is 0.353 e. The summed E-state index contributed by atoms with van der Waals surface area (Å²) >= 11 is 3.52. The van der Waals surface area contributed by atoms with Gasteiger partial charge in [0.05, 0.1) is 0 Å². The summed E-state index contributed by atoms with van der Waals surface area (Å²) in [4.78, 5) is 11.4. The number of rotatable bonds is 0. The van der Waals surface area contributed by atoms with E-state index in [1.54, 1.807) is 0 Å². The molecule has 3 rings (SSSR count). The molecular formula is C13H14BrNO. The molecule has 0 radical (unpaired) electrons. The van der Waals surface area contributed by atoms with Crippen LogP contribution in [0.15, 0.2) is 22.7 Å². The first-order chi connectivity index (χ1) is 7.74. The van der Waals surface area contributed by atoms with Crippen molar-refractivity contribution in [3.8, 4) is 0 Å². The highest BCUT2D eigenvalue weighted by molar-refractivity contribution is 9.10. The number of piperidine rings is 1. The van der Waals surface area contributed by atoms with Gasteiger partial charge >= 0.3 is 0 Å². The van der Waals surface area contributed by atoms with Crippen LogP contribution in [-0.2, 0) is 11.2 Å². The molecule has 16 heavy (non-hydrogen) atoms. The Hall–Kier alpha value is -0.830. The van der Waals surface area contributed by atoms with Crippen LogP contribution in [0.25, 0.3) is 0 Å². The molecule has 0 bridgehead atoms. The van der Waals surface area contributed by atoms with Gasteiger partial charge in [-0.25, -0.2) is 0 Å². The number of hydrogen-bond donors (Lipinski definition) is 1. The number of hydrogen-bond acceptors (Lipinski definition) is 1. The van der Waals surface area contributed by atoms with Gasteiger partial charge in [-0.15, -0.1) is 0 Å². The van der Waals surface area contributed by atoms with Crippen molar-refractivity contribution in [1.29, 1.82) is 0 Å². The van der Waals surface area contributed by atoms with Crippen LogP contribution in [0, 0.1) is 0 Å². The molecule has 0 saturated carbocycles. The topological polar surface area (TPSA) is 29.1 Å². The Morgan fingerprint density at radius 2 is 2.12 bits per heavy atom. The van der Waals surface area contributed by atoms with Crippen LogP contribution < -0.4 is 5.32 Å². The second-order valence-corrected chi connectivity index (χ2v) is 5.62. The first-order valence-electron chi connectivity index (χ1n) is 5.82. The summed E-state index contributed by atoms with van der Waals surface area (Å²) in [7, 11) is 0. The van der Waals surface area contributed by atoms with E-state index >= 15 is 0 Å². The van der Waals surface area contributed by atoms with E-state index in [0.717, 1.165) is 23.7 Å². The maximum Gasteiger partial charge on any atom is 0.220 e. The van der Waals surface area contributed by atoms with Gasteiger partial charge in [0.25, 0.3) is 0 Å². The third kappa shape index (κ3) is 1.67. The Morgan fingerprint density at radius 3 is 3.00 bits per heavy atom. The fraction of sp³-hybridized carbons (Fsp3) is 0.462. The van der Waals surface area contributed by atoms with Gasteiger partial charge in [0.2, 0.25) is 5.91 Å². The molecule has 1 heterocycles. The highest BCUT2D eigenvalue weighted by Crippen LogP contribution is 2.38.